The molecule has 0 unspecified atom stereocenters. The van der Waals surface area contributed by atoms with E-state index in [-0.39, 0.29) is 5.69 Å². The highest BCUT2D eigenvalue weighted by Crippen LogP contribution is 2.27. The Labute approximate surface area is 206 Å². The molecule has 2 amide bonds. The number of benzene rings is 2. The third-order valence-corrected chi connectivity index (χ3v) is 5.25. The summed E-state index contributed by atoms with van der Waals surface area (Å²) in [5, 5.41) is 9.40. The number of urea groups is 1. The van der Waals surface area contributed by atoms with Crippen LogP contribution < -0.4 is 15.4 Å². The molecule has 0 radical (unpaired) electrons. The summed E-state index contributed by atoms with van der Waals surface area (Å²) in [6, 6.07) is 16.1. The number of nitrogens with one attached hydrogen (secondary N) is 2. The van der Waals surface area contributed by atoms with Crippen molar-refractivity contribution in [3.63, 3.8) is 0 Å². The number of nitrogens with zero attached hydrogens (tertiary/aromatic N) is 5. The van der Waals surface area contributed by atoms with Crippen LogP contribution >= 0.6 is 0 Å². The largest absolute Gasteiger partial charge is 0.439 e. The van der Waals surface area contributed by atoms with Gasteiger partial charge in [0.25, 0.3) is 0 Å². The van der Waals surface area contributed by atoms with Gasteiger partial charge in [-0.05, 0) is 43.3 Å². The molecule has 0 aliphatic carbocycles. The molecule has 5 rings (SSSR count). The summed E-state index contributed by atoms with van der Waals surface area (Å²) in [7, 11) is 1.82. The summed E-state index contributed by atoms with van der Waals surface area (Å²) in [5.41, 5.74) is 3.75. The molecule has 0 aliphatic heterocycles. The molecule has 9 nitrogen and oxygen atoms in total. The van der Waals surface area contributed by atoms with Crippen molar-refractivity contribution in [3.05, 3.63) is 97.1 Å². The molecule has 5 aromatic rings. The second kappa shape index (κ2) is 9.71. The van der Waals surface area contributed by atoms with Crippen LogP contribution in [0.15, 0.2) is 85.6 Å². The first-order valence-electron chi connectivity index (χ1n) is 11.1. The first-order chi connectivity index (χ1) is 17.4. The fraction of sp³-hybridized carbons (Fsp3) is 0.0769. The maximum Gasteiger partial charge on any atom is 0.323 e. The van der Waals surface area contributed by atoms with Gasteiger partial charge in [-0.15, -0.1) is 0 Å². The molecule has 0 bridgehead atoms. The standard InChI is InChI=1S/C26H22FN7O2/c1-17-14-34(16-28-17)20-6-3-5-19(11-20)30-26(35)32-24-12-21(9-10-22(24)27)36-25-8-4-7-23(31-25)18-13-29-33(2)15-18/h3-16H,1-2H3,(H2,30,32,35). The number of ether oxygens (including phenoxy) is 1. The van der Waals surface area contributed by atoms with Crippen LogP contribution in [-0.4, -0.2) is 30.3 Å². The molecular formula is C26H22FN7O2. The summed E-state index contributed by atoms with van der Waals surface area (Å²) in [6.07, 6.45) is 7.12. The van der Waals surface area contributed by atoms with E-state index in [1.54, 1.807) is 41.5 Å². The number of aromatic nitrogens is 5. The number of imidazole rings is 1. The van der Waals surface area contributed by atoms with E-state index in [0.29, 0.717) is 23.0 Å². The van der Waals surface area contributed by atoms with E-state index in [4.69, 9.17) is 4.74 Å². The summed E-state index contributed by atoms with van der Waals surface area (Å²) in [4.78, 5) is 21.3. The van der Waals surface area contributed by atoms with Crippen molar-refractivity contribution in [1.29, 1.82) is 0 Å². The molecule has 0 spiro atoms. The van der Waals surface area contributed by atoms with Gasteiger partial charge in [-0.3, -0.25) is 4.68 Å². The van der Waals surface area contributed by atoms with E-state index >= 15 is 0 Å². The van der Waals surface area contributed by atoms with Gasteiger partial charge < -0.3 is 19.9 Å². The number of rotatable bonds is 6. The Morgan fingerprint density at radius 2 is 1.89 bits per heavy atom. The lowest BCUT2D eigenvalue weighted by Crippen LogP contribution is -2.20. The summed E-state index contributed by atoms with van der Waals surface area (Å²) in [6.45, 7) is 1.89. The Kier molecular flexibility index (Phi) is 6.14. The van der Waals surface area contributed by atoms with Crippen molar-refractivity contribution < 1.29 is 13.9 Å². The SMILES string of the molecule is Cc1cn(-c2cccc(NC(=O)Nc3cc(Oc4cccc(-c5cnn(C)c5)n4)ccc3F)c2)cn1. The lowest BCUT2D eigenvalue weighted by atomic mass is 10.2. The van der Waals surface area contributed by atoms with Crippen LogP contribution in [0.4, 0.5) is 20.6 Å². The minimum Gasteiger partial charge on any atom is -0.439 e. The zero-order chi connectivity index (χ0) is 25.1. The topological polar surface area (TPSA) is 98.9 Å². The zero-order valence-corrected chi connectivity index (χ0v) is 19.5. The highest BCUT2D eigenvalue weighted by Gasteiger charge is 2.11. The molecule has 180 valence electrons. The number of amides is 2. The van der Waals surface area contributed by atoms with Crippen LogP contribution in [0.25, 0.3) is 16.9 Å². The fourth-order valence-electron chi connectivity index (χ4n) is 3.56. The predicted molar refractivity (Wildman–Crippen MR) is 134 cm³/mol. The summed E-state index contributed by atoms with van der Waals surface area (Å²) in [5.74, 6) is 0.0436. The van der Waals surface area contributed by atoms with E-state index < -0.39 is 11.8 Å². The van der Waals surface area contributed by atoms with Gasteiger partial charge in [0.05, 0.1) is 29.6 Å². The smallest absolute Gasteiger partial charge is 0.323 e. The third-order valence-electron chi connectivity index (χ3n) is 5.25. The molecule has 0 fully saturated rings. The first kappa shape index (κ1) is 22.8. The Morgan fingerprint density at radius 3 is 2.67 bits per heavy atom. The number of anilines is 2. The molecule has 0 saturated carbocycles. The maximum absolute atomic E-state index is 14.4. The highest BCUT2D eigenvalue weighted by molar-refractivity contribution is 6.00. The van der Waals surface area contributed by atoms with Gasteiger partial charge in [0.2, 0.25) is 5.88 Å². The van der Waals surface area contributed by atoms with Crippen molar-refractivity contribution in [2.45, 2.75) is 6.92 Å². The molecule has 3 aromatic heterocycles. The summed E-state index contributed by atoms with van der Waals surface area (Å²) < 4.78 is 23.8. The van der Waals surface area contributed by atoms with Gasteiger partial charge in [-0.2, -0.15) is 5.10 Å². The first-order valence-corrected chi connectivity index (χ1v) is 11.1. The molecule has 2 aromatic carbocycles. The monoisotopic (exact) mass is 483 g/mol. The number of aryl methyl sites for hydroxylation is 2. The average Bonchev–Trinajstić information content (AvgIpc) is 3.50. The highest BCUT2D eigenvalue weighted by atomic mass is 19.1. The molecular weight excluding hydrogens is 461 g/mol. The van der Waals surface area contributed by atoms with E-state index in [1.807, 2.05) is 49.1 Å². The van der Waals surface area contributed by atoms with Crippen molar-refractivity contribution in [1.82, 2.24) is 24.3 Å². The minimum absolute atomic E-state index is 0.0326. The molecule has 2 N–H and O–H groups in total. The Balaban J connectivity index is 1.28. The van der Waals surface area contributed by atoms with E-state index in [2.05, 4.69) is 25.7 Å². The fourth-order valence-corrected chi connectivity index (χ4v) is 3.56. The average molecular weight is 484 g/mol. The van der Waals surface area contributed by atoms with Crippen molar-refractivity contribution >= 4 is 17.4 Å². The van der Waals surface area contributed by atoms with E-state index in [1.165, 1.54) is 18.2 Å². The second-order valence-corrected chi connectivity index (χ2v) is 8.06. The van der Waals surface area contributed by atoms with Gasteiger partial charge in [0.15, 0.2) is 0 Å². The molecule has 0 aliphatic rings. The van der Waals surface area contributed by atoms with Crippen molar-refractivity contribution in [2.75, 3.05) is 10.6 Å². The Morgan fingerprint density at radius 1 is 1.03 bits per heavy atom. The molecule has 36 heavy (non-hydrogen) atoms. The number of halogens is 1. The van der Waals surface area contributed by atoms with Crippen LogP contribution in [0.2, 0.25) is 0 Å². The number of hydrogen-bond donors (Lipinski definition) is 2. The quantitative estimate of drug-likeness (QED) is 0.330. The van der Waals surface area contributed by atoms with Gasteiger partial charge >= 0.3 is 6.03 Å². The van der Waals surface area contributed by atoms with Gasteiger partial charge in [0.1, 0.15) is 11.6 Å². The zero-order valence-electron chi connectivity index (χ0n) is 19.5. The molecule has 3 heterocycles. The molecule has 0 saturated heterocycles. The lowest BCUT2D eigenvalue weighted by Gasteiger charge is -2.12. The van der Waals surface area contributed by atoms with Crippen LogP contribution in [0.3, 0.4) is 0 Å². The lowest BCUT2D eigenvalue weighted by molar-refractivity contribution is 0.262. The van der Waals surface area contributed by atoms with Crippen LogP contribution in [0, 0.1) is 12.7 Å². The number of hydrogen-bond acceptors (Lipinski definition) is 5. The van der Waals surface area contributed by atoms with Crippen LogP contribution in [0.5, 0.6) is 11.6 Å². The Bertz CT molecular complexity index is 1540. The third kappa shape index (κ3) is 5.22. The predicted octanol–water partition coefficient (Wildman–Crippen LogP) is 5.55. The van der Waals surface area contributed by atoms with Gasteiger partial charge in [0, 0.05) is 48.5 Å². The van der Waals surface area contributed by atoms with Crippen molar-refractivity contribution in [2.24, 2.45) is 7.05 Å². The number of pyridine rings is 1. The second-order valence-electron chi connectivity index (χ2n) is 8.06. The molecule has 0 atom stereocenters. The normalized spacial score (nSPS) is 10.8. The van der Waals surface area contributed by atoms with Gasteiger partial charge in [-0.1, -0.05) is 12.1 Å². The van der Waals surface area contributed by atoms with Crippen molar-refractivity contribution in [3.8, 4) is 28.6 Å². The molecule has 10 heteroatoms. The van der Waals surface area contributed by atoms with Gasteiger partial charge in [-0.25, -0.2) is 19.2 Å². The van der Waals surface area contributed by atoms with E-state index in [9.17, 15) is 9.18 Å². The number of carbonyl (C=O) groups is 1. The Hall–Kier alpha value is -4.99. The van der Waals surface area contributed by atoms with Crippen LogP contribution in [0.1, 0.15) is 5.69 Å². The van der Waals surface area contributed by atoms with Crippen LogP contribution in [-0.2, 0) is 7.05 Å². The minimum atomic E-state index is -0.600. The summed E-state index contributed by atoms with van der Waals surface area (Å²) >= 11 is 0. The maximum atomic E-state index is 14.4. The number of carbonyl (C=O) groups excluding carboxylic acids is 1. The van der Waals surface area contributed by atoms with E-state index in [0.717, 1.165) is 16.9 Å².